The fourth-order valence-corrected chi connectivity index (χ4v) is 4.76. The number of hydrogen-bond donors (Lipinski definition) is 3. The molecule has 4 aromatic carbocycles. The van der Waals surface area contributed by atoms with Gasteiger partial charge in [0.1, 0.15) is 11.4 Å². The van der Waals surface area contributed by atoms with Gasteiger partial charge in [0.15, 0.2) is 0 Å². The number of carbonyl (C=O) groups excluding carboxylic acids is 2. The first-order valence-electron chi connectivity index (χ1n) is 11.7. The van der Waals surface area contributed by atoms with Gasteiger partial charge < -0.3 is 16.4 Å². The normalized spacial score (nSPS) is 17.7. The zero-order chi connectivity index (χ0) is 25.4. The second-order valence-electron chi connectivity index (χ2n) is 9.25. The third-order valence-corrected chi connectivity index (χ3v) is 6.88. The van der Waals surface area contributed by atoms with E-state index in [9.17, 15) is 9.59 Å². The molecule has 180 valence electrons. The zero-order valence-corrected chi connectivity index (χ0v) is 19.9. The van der Waals surface area contributed by atoms with Gasteiger partial charge in [-0.25, -0.2) is 4.79 Å². The molecule has 0 spiro atoms. The summed E-state index contributed by atoms with van der Waals surface area (Å²) in [5.41, 5.74) is 14.0. The molecule has 36 heavy (non-hydrogen) atoms. The van der Waals surface area contributed by atoms with Crippen LogP contribution in [0.2, 0.25) is 0 Å². The van der Waals surface area contributed by atoms with Crippen LogP contribution < -0.4 is 11.5 Å². The second-order valence-corrected chi connectivity index (χ2v) is 9.25. The van der Waals surface area contributed by atoms with Crippen LogP contribution in [0, 0.1) is 5.41 Å². The quantitative estimate of drug-likeness (QED) is 0.163. The molecule has 1 aliphatic heterocycles. The van der Waals surface area contributed by atoms with Crippen LogP contribution in [-0.2, 0) is 23.4 Å². The maximum atomic E-state index is 13.9. The highest BCUT2D eigenvalue weighted by molar-refractivity contribution is 6.07. The van der Waals surface area contributed by atoms with Gasteiger partial charge in [0, 0.05) is 17.8 Å². The molecule has 1 saturated heterocycles. The van der Waals surface area contributed by atoms with Crippen molar-refractivity contribution >= 4 is 34.2 Å². The molecule has 0 radical (unpaired) electrons. The van der Waals surface area contributed by atoms with Gasteiger partial charge in [0.25, 0.3) is 5.91 Å². The predicted molar refractivity (Wildman–Crippen MR) is 141 cm³/mol. The van der Waals surface area contributed by atoms with Crippen molar-refractivity contribution in [2.75, 3.05) is 5.73 Å². The number of nitrogen functional groups attached to an aromatic ring is 2. The molecule has 1 atom stereocenters. The van der Waals surface area contributed by atoms with Gasteiger partial charge >= 0.3 is 6.03 Å². The van der Waals surface area contributed by atoms with E-state index in [1.807, 2.05) is 66.7 Å². The first-order chi connectivity index (χ1) is 17.3. The fourth-order valence-electron chi connectivity index (χ4n) is 4.76. The number of rotatable bonds is 6. The number of nitrogens with one attached hydrogen (secondary N) is 1. The minimum atomic E-state index is -1.20. The summed E-state index contributed by atoms with van der Waals surface area (Å²) < 4.78 is 0. The van der Waals surface area contributed by atoms with Crippen molar-refractivity contribution in [3.05, 3.63) is 113 Å². The summed E-state index contributed by atoms with van der Waals surface area (Å²) in [7, 11) is 0. The van der Waals surface area contributed by atoms with Crippen molar-refractivity contribution in [2.24, 2.45) is 5.73 Å². The Balaban J connectivity index is 1.56. The highest BCUT2D eigenvalue weighted by atomic mass is 16.2. The summed E-state index contributed by atoms with van der Waals surface area (Å²) in [6.07, 6.45) is 0. The first kappa shape index (κ1) is 23.1. The van der Waals surface area contributed by atoms with E-state index in [4.69, 9.17) is 16.9 Å². The monoisotopic (exact) mass is 477 g/mol. The molecule has 1 fully saturated rings. The molecule has 1 unspecified atom stereocenters. The SMILES string of the molecule is CC1(c2ccc(N)cc2)C(=O)N(Cc2ccccc2)C(=O)N1Cc1ccc2ccc(C(=N)N)cc2c1. The number of benzene rings is 4. The van der Waals surface area contributed by atoms with Crippen LogP contribution in [-0.4, -0.2) is 27.6 Å². The lowest BCUT2D eigenvalue weighted by molar-refractivity contribution is -0.133. The molecule has 1 aliphatic rings. The third kappa shape index (κ3) is 3.94. The maximum absolute atomic E-state index is 13.9. The van der Waals surface area contributed by atoms with E-state index < -0.39 is 5.54 Å². The van der Waals surface area contributed by atoms with Crippen molar-refractivity contribution < 1.29 is 9.59 Å². The molecule has 7 heteroatoms. The second kappa shape index (κ2) is 8.85. The fraction of sp³-hybridized carbons (Fsp3) is 0.138. The lowest BCUT2D eigenvalue weighted by Crippen LogP contribution is -2.43. The Morgan fingerprint density at radius 1 is 0.833 bits per heavy atom. The van der Waals surface area contributed by atoms with Crippen LogP contribution in [0.25, 0.3) is 10.8 Å². The Labute approximate surface area is 209 Å². The number of fused-ring (bicyclic) bond motifs is 1. The van der Waals surface area contributed by atoms with Crippen LogP contribution in [0.5, 0.6) is 0 Å². The van der Waals surface area contributed by atoms with Crippen LogP contribution in [0.1, 0.15) is 29.2 Å². The number of anilines is 1. The lowest BCUT2D eigenvalue weighted by Gasteiger charge is -2.32. The average molecular weight is 478 g/mol. The molecule has 0 bridgehead atoms. The number of imide groups is 1. The van der Waals surface area contributed by atoms with Gasteiger partial charge in [-0.3, -0.25) is 15.1 Å². The highest BCUT2D eigenvalue weighted by Crippen LogP contribution is 2.39. The molecule has 3 amide bonds. The molecule has 0 aliphatic carbocycles. The Hall–Kier alpha value is -4.65. The van der Waals surface area contributed by atoms with E-state index in [2.05, 4.69) is 0 Å². The number of hydrogen-bond acceptors (Lipinski definition) is 4. The van der Waals surface area contributed by atoms with Crippen LogP contribution in [0.4, 0.5) is 10.5 Å². The van der Waals surface area contributed by atoms with E-state index in [0.717, 1.165) is 21.9 Å². The summed E-state index contributed by atoms with van der Waals surface area (Å²) in [5.74, 6) is -0.282. The Kier molecular flexibility index (Phi) is 5.68. The molecule has 7 nitrogen and oxygen atoms in total. The van der Waals surface area contributed by atoms with E-state index in [1.54, 1.807) is 36.1 Å². The molecular formula is C29H27N5O2. The molecule has 0 aromatic heterocycles. The molecule has 5 N–H and O–H groups in total. The van der Waals surface area contributed by atoms with Gasteiger partial charge in [-0.2, -0.15) is 0 Å². The van der Waals surface area contributed by atoms with E-state index in [1.165, 1.54) is 4.90 Å². The number of urea groups is 1. The van der Waals surface area contributed by atoms with Crippen molar-refractivity contribution in [3.8, 4) is 0 Å². The number of carbonyl (C=O) groups is 2. The number of amides is 3. The van der Waals surface area contributed by atoms with Crippen molar-refractivity contribution in [1.29, 1.82) is 5.41 Å². The van der Waals surface area contributed by atoms with Crippen LogP contribution >= 0.6 is 0 Å². The van der Waals surface area contributed by atoms with Crippen molar-refractivity contribution in [3.63, 3.8) is 0 Å². The van der Waals surface area contributed by atoms with Crippen molar-refractivity contribution in [1.82, 2.24) is 9.80 Å². The topological polar surface area (TPSA) is 117 Å². The highest BCUT2D eigenvalue weighted by Gasteiger charge is 2.55. The maximum Gasteiger partial charge on any atom is 0.328 e. The van der Waals surface area contributed by atoms with Gasteiger partial charge in [-0.1, -0.05) is 66.7 Å². The van der Waals surface area contributed by atoms with Gasteiger partial charge in [0.2, 0.25) is 0 Å². The van der Waals surface area contributed by atoms with Gasteiger partial charge in [-0.15, -0.1) is 0 Å². The van der Waals surface area contributed by atoms with E-state index >= 15 is 0 Å². The van der Waals surface area contributed by atoms with Gasteiger partial charge in [0.05, 0.1) is 6.54 Å². The van der Waals surface area contributed by atoms with Crippen LogP contribution in [0.15, 0.2) is 91.0 Å². The Bertz CT molecular complexity index is 1480. The Morgan fingerprint density at radius 3 is 2.22 bits per heavy atom. The number of amidine groups is 1. The number of nitrogens with two attached hydrogens (primary N) is 2. The first-order valence-corrected chi connectivity index (χ1v) is 11.7. The lowest BCUT2D eigenvalue weighted by atomic mass is 9.89. The summed E-state index contributed by atoms with van der Waals surface area (Å²) in [5, 5.41) is 9.65. The van der Waals surface area contributed by atoms with Crippen molar-refractivity contribution in [2.45, 2.75) is 25.6 Å². The molecule has 1 heterocycles. The minimum Gasteiger partial charge on any atom is -0.399 e. The van der Waals surface area contributed by atoms with E-state index in [-0.39, 0.29) is 30.9 Å². The third-order valence-electron chi connectivity index (χ3n) is 6.88. The standard InChI is InChI=1S/C29H27N5O2/c1-29(24-11-13-25(30)14-12-24)27(35)33(17-19-5-3-2-4-6-19)28(36)34(29)18-20-7-8-21-9-10-22(26(31)32)16-23(21)15-20/h2-16H,17-18,30H2,1H3,(H3,31,32). The smallest absolute Gasteiger partial charge is 0.328 e. The largest absolute Gasteiger partial charge is 0.399 e. The number of nitrogens with zero attached hydrogens (tertiary/aromatic N) is 2. The minimum absolute atomic E-state index is 0.00454. The molecule has 0 saturated carbocycles. The summed E-state index contributed by atoms with van der Waals surface area (Å²) in [4.78, 5) is 30.5. The molecule has 4 aromatic rings. The summed E-state index contributed by atoms with van der Waals surface area (Å²) in [6.45, 7) is 2.22. The van der Waals surface area contributed by atoms with Gasteiger partial charge in [-0.05, 0) is 58.7 Å². The Morgan fingerprint density at radius 2 is 1.53 bits per heavy atom. The summed E-state index contributed by atoms with van der Waals surface area (Å²) >= 11 is 0. The molecular weight excluding hydrogens is 450 g/mol. The molecule has 5 rings (SSSR count). The average Bonchev–Trinajstić information content (AvgIpc) is 3.06. The zero-order valence-electron chi connectivity index (χ0n) is 19.9. The summed E-state index contributed by atoms with van der Waals surface area (Å²) in [6, 6.07) is 27.7. The van der Waals surface area contributed by atoms with Crippen LogP contribution in [0.3, 0.4) is 0 Å². The van der Waals surface area contributed by atoms with E-state index in [0.29, 0.717) is 16.8 Å². The predicted octanol–water partition coefficient (Wildman–Crippen LogP) is 4.59.